The summed E-state index contributed by atoms with van der Waals surface area (Å²) in [6.07, 6.45) is 3.85. The molecule has 5 atom stereocenters. The summed E-state index contributed by atoms with van der Waals surface area (Å²) < 4.78 is 20.5. The fourth-order valence-electron chi connectivity index (χ4n) is 5.72. The smallest absolute Gasteiger partial charge is 0.411 e. The number of carbonyl (C=O) groups is 3. The number of carbonyl (C=O) groups excluding carboxylic acids is 3. The Labute approximate surface area is 206 Å². The van der Waals surface area contributed by atoms with Crippen molar-refractivity contribution in [2.75, 3.05) is 13.1 Å². The van der Waals surface area contributed by atoms with Crippen LogP contribution in [0.2, 0.25) is 0 Å². The molecule has 0 radical (unpaired) electrons. The Morgan fingerprint density at radius 2 is 2.03 bits per heavy atom. The van der Waals surface area contributed by atoms with Crippen molar-refractivity contribution in [3.63, 3.8) is 0 Å². The molecule has 4 rings (SSSR count). The van der Waals surface area contributed by atoms with Crippen molar-refractivity contribution in [2.24, 2.45) is 11.7 Å². The summed E-state index contributed by atoms with van der Waals surface area (Å²) in [6, 6.07) is 3.21. The van der Waals surface area contributed by atoms with E-state index in [1.165, 1.54) is 11.0 Å². The Morgan fingerprint density at radius 3 is 2.66 bits per heavy atom. The van der Waals surface area contributed by atoms with Crippen molar-refractivity contribution in [3.05, 3.63) is 35.1 Å². The molecule has 0 spiro atoms. The highest BCUT2D eigenvalue weighted by atomic mass is 19.1. The van der Waals surface area contributed by atoms with Gasteiger partial charge in [0.2, 0.25) is 11.8 Å². The van der Waals surface area contributed by atoms with Crippen LogP contribution in [0.4, 0.5) is 9.18 Å². The maximum Gasteiger partial charge on any atom is 0.411 e. The quantitative estimate of drug-likeness (QED) is 0.570. The number of primary amides is 1. The molecule has 3 aliphatic rings. The molecule has 0 aromatic heterocycles. The second kappa shape index (κ2) is 10.1. The number of piperidine rings is 2. The highest BCUT2D eigenvalue weighted by Gasteiger charge is 2.52. The van der Waals surface area contributed by atoms with E-state index in [9.17, 15) is 18.8 Å². The van der Waals surface area contributed by atoms with Crippen LogP contribution < -0.4 is 16.4 Å². The molecule has 8 nitrogen and oxygen atoms in total. The average molecular weight is 489 g/mol. The van der Waals surface area contributed by atoms with E-state index < -0.39 is 41.4 Å². The predicted molar refractivity (Wildman–Crippen MR) is 129 cm³/mol. The zero-order valence-corrected chi connectivity index (χ0v) is 20.8. The van der Waals surface area contributed by atoms with Gasteiger partial charge in [-0.2, -0.15) is 0 Å². The van der Waals surface area contributed by atoms with Gasteiger partial charge in [-0.25, -0.2) is 9.18 Å². The standard InChI is InChI=1S/C26H37FN4O4/c1-26(2,3)35-25(34)31-19-9-8-17(11-19)22(31)24(33)30-21(23(28)32)13-16-7-6-15(12-20(16)27)18-5-4-10-29-14-18/h6-7,12,17-19,21-22,29H,4-5,8-11,13-14H2,1-3H3,(H2,28,32)(H,30,33)/t17-,18?,19+,21-,22-/m0/s1. The second-order valence-corrected chi connectivity index (χ2v) is 11.1. The molecular formula is C26H37FN4O4. The second-order valence-electron chi connectivity index (χ2n) is 11.1. The van der Waals surface area contributed by atoms with Crippen LogP contribution in [0.15, 0.2) is 18.2 Å². The van der Waals surface area contributed by atoms with E-state index in [4.69, 9.17) is 10.5 Å². The third-order valence-corrected chi connectivity index (χ3v) is 7.39. The van der Waals surface area contributed by atoms with E-state index in [0.29, 0.717) is 5.56 Å². The van der Waals surface area contributed by atoms with E-state index >= 15 is 0 Å². The molecule has 2 aliphatic heterocycles. The molecule has 2 bridgehead atoms. The zero-order chi connectivity index (χ0) is 25.3. The lowest BCUT2D eigenvalue weighted by Gasteiger charge is -2.36. The maximum atomic E-state index is 15.0. The molecule has 35 heavy (non-hydrogen) atoms. The number of fused-ring (bicyclic) bond motifs is 2. The van der Waals surface area contributed by atoms with Crippen LogP contribution in [-0.2, 0) is 20.7 Å². The van der Waals surface area contributed by atoms with Gasteiger partial charge in [-0.3, -0.25) is 14.5 Å². The number of ether oxygens (including phenoxy) is 1. The van der Waals surface area contributed by atoms with Gasteiger partial charge in [-0.05, 0) is 88.4 Å². The fraction of sp³-hybridized carbons (Fsp3) is 0.654. The highest BCUT2D eigenvalue weighted by Crippen LogP contribution is 2.43. The Kier molecular flexibility index (Phi) is 7.35. The van der Waals surface area contributed by atoms with E-state index in [1.54, 1.807) is 26.8 Å². The molecule has 1 aromatic rings. The summed E-state index contributed by atoms with van der Waals surface area (Å²) in [7, 11) is 0. The molecule has 2 saturated heterocycles. The van der Waals surface area contributed by atoms with Crippen LogP contribution in [0, 0.1) is 11.7 Å². The van der Waals surface area contributed by atoms with Gasteiger partial charge < -0.3 is 21.1 Å². The monoisotopic (exact) mass is 488 g/mol. The number of halogens is 1. The molecule has 3 amide bonds. The SMILES string of the molecule is CC(C)(C)OC(=O)N1[C@@H]2CC[C@@H](C2)[C@H]1C(=O)N[C@@H](Cc1ccc(C2CCCNC2)cc1F)C(N)=O. The normalized spacial score (nSPS) is 26.9. The summed E-state index contributed by atoms with van der Waals surface area (Å²) in [6.45, 7) is 7.13. The number of nitrogens with two attached hydrogens (primary N) is 1. The van der Waals surface area contributed by atoms with Crippen LogP contribution in [0.1, 0.15) is 69.9 Å². The van der Waals surface area contributed by atoms with Crippen molar-refractivity contribution in [1.29, 1.82) is 0 Å². The Hall–Kier alpha value is -2.68. The molecule has 9 heteroatoms. The highest BCUT2D eigenvalue weighted by molar-refractivity contribution is 5.91. The lowest BCUT2D eigenvalue weighted by Crippen LogP contribution is -2.57. The predicted octanol–water partition coefficient (Wildman–Crippen LogP) is 2.59. The molecule has 1 aromatic carbocycles. The summed E-state index contributed by atoms with van der Waals surface area (Å²) in [5.74, 6) is -1.34. The Morgan fingerprint density at radius 1 is 1.26 bits per heavy atom. The van der Waals surface area contributed by atoms with Crippen molar-refractivity contribution in [1.82, 2.24) is 15.5 Å². The third kappa shape index (κ3) is 5.77. The Bertz CT molecular complexity index is 973. The van der Waals surface area contributed by atoms with Crippen molar-refractivity contribution >= 4 is 17.9 Å². The molecule has 2 heterocycles. The van der Waals surface area contributed by atoms with E-state index in [1.807, 2.05) is 6.07 Å². The van der Waals surface area contributed by atoms with Crippen molar-refractivity contribution in [3.8, 4) is 0 Å². The topological polar surface area (TPSA) is 114 Å². The maximum absolute atomic E-state index is 15.0. The van der Waals surface area contributed by atoms with Gasteiger partial charge in [0.15, 0.2) is 0 Å². The van der Waals surface area contributed by atoms with Gasteiger partial charge in [-0.1, -0.05) is 12.1 Å². The minimum atomic E-state index is -1.08. The van der Waals surface area contributed by atoms with Gasteiger partial charge in [0.25, 0.3) is 0 Å². The van der Waals surface area contributed by atoms with Gasteiger partial charge in [0.1, 0.15) is 23.5 Å². The van der Waals surface area contributed by atoms with E-state index in [0.717, 1.165) is 50.8 Å². The van der Waals surface area contributed by atoms with Crippen molar-refractivity contribution < 1.29 is 23.5 Å². The average Bonchev–Trinajstić information content (AvgIpc) is 3.41. The van der Waals surface area contributed by atoms with Gasteiger partial charge in [-0.15, -0.1) is 0 Å². The molecule has 1 aliphatic carbocycles. The number of hydrogen-bond acceptors (Lipinski definition) is 5. The first-order valence-corrected chi connectivity index (χ1v) is 12.6. The summed E-state index contributed by atoms with van der Waals surface area (Å²) in [4.78, 5) is 39.9. The first kappa shape index (κ1) is 25.4. The van der Waals surface area contributed by atoms with Crippen molar-refractivity contribution in [2.45, 2.75) is 88.9 Å². The number of amides is 3. The van der Waals surface area contributed by atoms with Crippen LogP contribution in [-0.4, -0.2) is 59.6 Å². The first-order valence-electron chi connectivity index (χ1n) is 12.6. The number of benzene rings is 1. The zero-order valence-electron chi connectivity index (χ0n) is 20.8. The molecule has 4 N–H and O–H groups in total. The number of nitrogens with one attached hydrogen (secondary N) is 2. The lowest BCUT2D eigenvalue weighted by molar-refractivity contribution is -0.132. The Balaban J connectivity index is 1.46. The summed E-state index contributed by atoms with van der Waals surface area (Å²) in [5.41, 5.74) is 6.15. The number of nitrogens with zero attached hydrogens (tertiary/aromatic N) is 1. The molecular weight excluding hydrogens is 451 g/mol. The van der Waals surface area contributed by atoms with Crippen LogP contribution >= 0.6 is 0 Å². The van der Waals surface area contributed by atoms with Gasteiger partial charge in [0.05, 0.1) is 0 Å². The first-order chi connectivity index (χ1) is 16.5. The van der Waals surface area contributed by atoms with Crippen LogP contribution in [0.25, 0.3) is 0 Å². The minimum Gasteiger partial charge on any atom is -0.444 e. The lowest BCUT2D eigenvalue weighted by atomic mass is 9.90. The molecule has 1 unspecified atom stereocenters. The molecule has 1 saturated carbocycles. The summed E-state index contributed by atoms with van der Waals surface area (Å²) >= 11 is 0. The molecule has 192 valence electrons. The number of rotatable bonds is 6. The summed E-state index contributed by atoms with van der Waals surface area (Å²) in [5, 5.41) is 6.04. The minimum absolute atomic E-state index is 0.00108. The molecule has 3 fully saturated rings. The number of likely N-dealkylation sites (tertiary alicyclic amines) is 1. The fourth-order valence-corrected chi connectivity index (χ4v) is 5.72. The van der Waals surface area contributed by atoms with Crippen LogP contribution in [0.3, 0.4) is 0 Å². The van der Waals surface area contributed by atoms with E-state index in [2.05, 4.69) is 10.6 Å². The number of hydrogen-bond donors (Lipinski definition) is 3. The van der Waals surface area contributed by atoms with Gasteiger partial charge in [0, 0.05) is 19.0 Å². The largest absolute Gasteiger partial charge is 0.444 e. The third-order valence-electron chi connectivity index (χ3n) is 7.39. The van der Waals surface area contributed by atoms with Gasteiger partial charge >= 0.3 is 6.09 Å². The van der Waals surface area contributed by atoms with Crippen LogP contribution in [0.5, 0.6) is 0 Å². The van der Waals surface area contributed by atoms with E-state index in [-0.39, 0.29) is 24.3 Å².